The second-order valence-electron chi connectivity index (χ2n) is 14.1. The molecule has 0 bridgehead atoms. The van der Waals surface area contributed by atoms with Crippen LogP contribution < -0.4 is 9.13 Å². The molecule has 246 valence electrons. The quantitative estimate of drug-likeness (QED) is 0.0899. The van der Waals surface area contributed by atoms with Crippen LogP contribution in [0.25, 0.3) is 39.8 Å². The van der Waals surface area contributed by atoms with E-state index in [9.17, 15) is 0 Å². The number of fused-ring (bicyclic) bond motifs is 3. The molecular weight excluding hydrogens is 581 g/mol. The lowest BCUT2D eigenvalue weighted by Gasteiger charge is -2.48. The first-order chi connectivity index (χ1) is 23.4. The van der Waals surface area contributed by atoms with Crippen molar-refractivity contribution in [1.29, 1.82) is 0 Å². The van der Waals surface area contributed by atoms with Crippen LogP contribution >= 0.6 is 0 Å². The van der Waals surface area contributed by atoms with E-state index in [4.69, 9.17) is 0 Å². The molecule has 3 atom stereocenters. The zero-order chi connectivity index (χ0) is 33.7. The van der Waals surface area contributed by atoms with E-state index in [-0.39, 0.29) is 11.0 Å². The number of hydrogen-bond acceptors (Lipinski definition) is 0. The first-order valence-electron chi connectivity index (χ1n) is 18.4. The molecule has 2 unspecified atom stereocenters. The van der Waals surface area contributed by atoms with Crippen molar-refractivity contribution in [3.8, 4) is 33.6 Å². The second kappa shape index (κ2) is 14.4. The van der Waals surface area contributed by atoms with Gasteiger partial charge in [0.05, 0.1) is 11.0 Å². The van der Waals surface area contributed by atoms with Gasteiger partial charge in [0.2, 0.25) is 11.4 Å². The first kappa shape index (κ1) is 33.6. The van der Waals surface area contributed by atoms with E-state index in [0.29, 0.717) is 5.92 Å². The summed E-state index contributed by atoms with van der Waals surface area (Å²) in [5.41, 5.74) is 11.9. The minimum Gasteiger partial charge on any atom is -0.192 e. The Kier molecular flexibility index (Phi) is 10.1. The Morgan fingerprint density at radius 3 is 2.19 bits per heavy atom. The van der Waals surface area contributed by atoms with Gasteiger partial charge in [0.15, 0.2) is 24.1 Å². The minimum atomic E-state index is -0.0708. The van der Waals surface area contributed by atoms with Crippen molar-refractivity contribution >= 4 is 6.20 Å². The van der Waals surface area contributed by atoms with Crippen molar-refractivity contribution in [2.24, 2.45) is 0 Å². The fourth-order valence-electron chi connectivity index (χ4n) is 8.67. The van der Waals surface area contributed by atoms with Gasteiger partial charge in [-0.25, -0.2) is 0 Å². The molecule has 6 rings (SSSR count). The lowest BCUT2D eigenvalue weighted by molar-refractivity contribution is -0.766. The molecule has 3 aromatic carbocycles. The maximum Gasteiger partial charge on any atom is 0.218 e. The van der Waals surface area contributed by atoms with Gasteiger partial charge < -0.3 is 0 Å². The van der Waals surface area contributed by atoms with Gasteiger partial charge in [-0.1, -0.05) is 114 Å². The van der Waals surface area contributed by atoms with Crippen LogP contribution in [0.5, 0.6) is 0 Å². The summed E-state index contributed by atoms with van der Waals surface area (Å²) in [5, 5.41) is 0. The molecular formula is C46H54N2+2. The zero-order valence-corrected chi connectivity index (χ0v) is 29.9. The molecule has 2 heteroatoms. The fraction of sp³-hybridized carbons (Fsp3) is 0.348. The Morgan fingerprint density at radius 1 is 0.729 bits per heavy atom. The summed E-state index contributed by atoms with van der Waals surface area (Å²) in [6, 6.07) is 38.5. The summed E-state index contributed by atoms with van der Waals surface area (Å²) in [4.78, 5) is 0. The van der Waals surface area contributed by atoms with E-state index in [2.05, 4.69) is 166 Å². The molecule has 0 saturated heterocycles. The predicted octanol–water partition coefficient (Wildman–Crippen LogP) is 11.5. The number of aryl methyl sites for hydroxylation is 1. The van der Waals surface area contributed by atoms with E-state index in [1.807, 2.05) is 6.20 Å². The van der Waals surface area contributed by atoms with E-state index in [1.165, 1.54) is 76.0 Å². The highest BCUT2D eigenvalue weighted by molar-refractivity contribution is 5.71. The van der Waals surface area contributed by atoms with Gasteiger partial charge in [-0.15, -0.1) is 0 Å². The van der Waals surface area contributed by atoms with Crippen LogP contribution in [0.1, 0.15) is 102 Å². The molecule has 0 spiro atoms. The highest BCUT2D eigenvalue weighted by Crippen LogP contribution is 2.52. The molecule has 0 radical (unpaired) electrons. The van der Waals surface area contributed by atoms with Crippen LogP contribution in [-0.2, 0) is 17.4 Å². The highest BCUT2D eigenvalue weighted by atomic mass is 15.1. The van der Waals surface area contributed by atoms with E-state index in [1.54, 1.807) is 0 Å². The molecule has 2 aromatic heterocycles. The molecule has 48 heavy (non-hydrogen) atoms. The van der Waals surface area contributed by atoms with Gasteiger partial charge in [-0.05, 0) is 78.1 Å². The zero-order valence-electron chi connectivity index (χ0n) is 29.9. The topological polar surface area (TPSA) is 7.76 Å². The monoisotopic (exact) mass is 634 g/mol. The molecule has 0 saturated carbocycles. The minimum absolute atomic E-state index is 0.0301. The Hall–Kier alpha value is -4.30. The van der Waals surface area contributed by atoms with Crippen LogP contribution in [0, 0.1) is 0 Å². The Bertz CT molecular complexity index is 1870. The summed E-state index contributed by atoms with van der Waals surface area (Å²) in [5.74, 6) is 0.565. The molecule has 2 nitrogen and oxygen atoms in total. The number of hydrogen-bond donors (Lipinski definition) is 0. The molecule has 0 fully saturated rings. The lowest BCUT2D eigenvalue weighted by atomic mass is 9.57. The lowest BCUT2D eigenvalue weighted by Crippen LogP contribution is -2.68. The Labute approximate surface area is 289 Å². The summed E-state index contributed by atoms with van der Waals surface area (Å²) in [7, 11) is 0. The van der Waals surface area contributed by atoms with Gasteiger partial charge in [0, 0.05) is 43.2 Å². The molecule has 5 aromatic rings. The maximum absolute atomic E-state index is 4.16. The third kappa shape index (κ3) is 5.96. The van der Waals surface area contributed by atoms with Crippen LogP contribution in [0.4, 0.5) is 0 Å². The number of aromatic nitrogens is 2. The van der Waals surface area contributed by atoms with Gasteiger partial charge >= 0.3 is 0 Å². The van der Waals surface area contributed by atoms with Crippen molar-refractivity contribution in [1.82, 2.24) is 0 Å². The Balaban J connectivity index is 1.41. The smallest absolute Gasteiger partial charge is 0.192 e. The molecule has 0 N–H and O–H groups in total. The van der Waals surface area contributed by atoms with Gasteiger partial charge in [0.1, 0.15) is 0 Å². The first-order valence-corrected chi connectivity index (χ1v) is 18.4. The number of rotatable bonds is 13. The van der Waals surface area contributed by atoms with Gasteiger partial charge in [0.25, 0.3) is 0 Å². The number of benzene rings is 3. The number of nitrogens with zero attached hydrogens (tertiary/aromatic N) is 2. The van der Waals surface area contributed by atoms with E-state index in [0.717, 1.165) is 25.7 Å². The average Bonchev–Trinajstić information content (AvgIpc) is 3.15. The van der Waals surface area contributed by atoms with Crippen molar-refractivity contribution in [3.05, 3.63) is 139 Å². The Morgan fingerprint density at radius 2 is 1.46 bits per heavy atom. The van der Waals surface area contributed by atoms with E-state index >= 15 is 0 Å². The molecule has 0 aliphatic carbocycles. The van der Waals surface area contributed by atoms with Gasteiger partial charge in [-0.2, -0.15) is 9.13 Å². The largest absolute Gasteiger partial charge is 0.218 e. The summed E-state index contributed by atoms with van der Waals surface area (Å²) in [6.07, 6.45) is 15.8. The van der Waals surface area contributed by atoms with Crippen molar-refractivity contribution in [3.63, 3.8) is 0 Å². The van der Waals surface area contributed by atoms with Crippen molar-refractivity contribution in [2.45, 2.75) is 103 Å². The summed E-state index contributed by atoms with van der Waals surface area (Å²) in [6.45, 7) is 16.2. The van der Waals surface area contributed by atoms with Crippen LogP contribution in [-0.4, -0.2) is 0 Å². The highest BCUT2D eigenvalue weighted by Gasteiger charge is 2.58. The van der Waals surface area contributed by atoms with E-state index < -0.39 is 0 Å². The standard InChI is InChI=1S/C46H54N2/c1-7-11-13-20-35(5)38-29-32-48-44(33-38)41-25-18-19-26-42(41)46(9-3,45(48,6)8-2)30-27-37-23-16-17-24-40(37)43-34-39(28-31-47(43)10-4)36-21-14-12-15-22-36/h10,12,14-19,21-26,28-29,31-35H,4,7-9,11,13,20,27,30H2,1-3,5-6H3/q+2/t35?,45-,46?/m1/s1. The normalized spacial score (nSPS) is 18.9. The molecule has 3 heterocycles. The third-order valence-electron chi connectivity index (χ3n) is 11.8. The summed E-state index contributed by atoms with van der Waals surface area (Å²) < 4.78 is 4.82. The van der Waals surface area contributed by atoms with Crippen molar-refractivity contribution < 1.29 is 9.13 Å². The SMILES string of the molecule is C=C[n+]1ccc(-c2ccccc2)cc1-c1ccccc1CCC1(CC)c2ccccc2-c2cc(C(C)CCCCC)cc[n+]2[C@]1(C)CC. The maximum atomic E-state index is 4.16. The molecule has 0 amide bonds. The van der Waals surface area contributed by atoms with Crippen LogP contribution in [0.3, 0.4) is 0 Å². The van der Waals surface area contributed by atoms with Crippen molar-refractivity contribution in [2.75, 3.05) is 0 Å². The molecule has 1 aliphatic heterocycles. The fourth-order valence-corrected chi connectivity index (χ4v) is 8.67. The number of pyridine rings is 2. The number of unbranched alkanes of at least 4 members (excludes halogenated alkanes) is 2. The summed E-state index contributed by atoms with van der Waals surface area (Å²) >= 11 is 0. The second-order valence-corrected chi connectivity index (χ2v) is 14.1. The van der Waals surface area contributed by atoms with Gasteiger partial charge in [-0.3, -0.25) is 0 Å². The van der Waals surface area contributed by atoms with Crippen LogP contribution in [0.15, 0.2) is 122 Å². The average molecular weight is 635 g/mol. The predicted molar refractivity (Wildman–Crippen MR) is 203 cm³/mol. The van der Waals surface area contributed by atoms with Crippen LogP contribution in [0.2, 0.25) is 0 Å². The third-order valence-corrected chi connectivity index (χ3v) is 11.8. The molecule has 1 aliphatic rings.